The summed E-state index contributed by atoms with van der Waals surface area (Å²) in [5, 5.41) is 8.81. The molecular weight excluding hydrogens is 258 g/mol. The molecule has 0 aliphatic carbocycles. The van der Waals surface area contributed by atoms with Crippen molar-refractivity contribution in [2.75, 3.05) is 11.4 Å². The monoisotopic (exact) mass is 273 g/mol. The molecule has 0 fully saturated rings. The summed E-state index contributed by atoms with van der Waals surface area (Å²) < 4.78 is 5.05. The number of carbonyl (C=O) groups excluding carboxylic acids is 1. The van der Waals surface area contributed by atoms with E-state index < -0.39 is 5.97 Å². The van der Waals surface area contributed by atoms with Gasteiger partial charge >= 0.3 is 5.97 Å². The Bertz CT molecular complexity index is 645. The molecule has 2 aromatic rings. The van der Waals surface area contributed by atoms with Crippen LogP contribution in [-0.4, -0.2) is 23.5 Å². The number of nitrogens with zero attached hydrogens (tertiary/aromatic N) is 1. The van der Waals surface area contributed by atoms with E-state index in [0.717, 1.165) is 11.3 Å². The first-order valence-corrected chi connectivity index (χ1v) is 6.24. The highest BCUT2D eigenvalue weighted by Gasteiger charge is 2.21. The molecule has 0 atom stereocenters. The van der Waals surface area contributed by atoms with Crippen LogP contribution < -0.4 is 4.90 Å². The van der Waals surface area contributed by atoms with E-state index >= 15 is 0 Å². The molecule has 0 aliphatic rings. The van der Waals surface area contributed by atoms with Crippen LogP contribution in [0.5, 0.6) is 0 Å². The van der Waals surface area contributed by atoms with Gasteiger partial charge in [0.1, 0.15) is 0 Å². The van der Waals surface area contributed by atoms with Crippen LogP contribution in [-0.2, 0) is 0 Å². The van der Waals surface area contributed by atoms with E-state index in [1.165, 1.54) is 17.0 Å². The Morgan fingerprint density at radius 2 is 1.90 bits per heavy atom. The van der Waals surface area contributed by atoms with Gasteiger partial charge in [0.05, 0.1) is 0 Å². The van der Waals surface area contributed by atoms with Gasteiger partial charge in [-0.1, -0.05) is 12.1 Å². The van der Waals surface area contributed by atoms with Crippen LogP contribution in [0.3, 0.4) is 0 Å². The van der Waals surface area contributed by atoms with Crippen molar-refractivity contribution in [1.29, 1.82) is 0 Å². The van der Waals surface area contributed by atoms with Crippen molar-refractivity contribution in [2.24, 2.45) is 0 Å². The molecule has 1 heterocycles. The number of amides is 1. The normalized spacial score (nSPS) is 10.3. The molecule has 1 aromatic carbocycles. The molecule has 0 spiro atoms. The lowest BCUT2D eigenvalue weighted by atomic mass is 10.2. The molecule has 2 rings (SSSR count). The summed E-state index contributed by atoms with van der Waals surface area (Å²) in [7, 11) is 0. The van der Waals surface area contributed by atoms with Crippen LogP contribution in [0.25, 0.3) is 0 Å². The maximum atomic E-state index is 12.4. The van der Waals surface area contributed by atoms with E-state index in [9.17, 15) is 9.59 Å². The second-order valence-corrected chi connectivity index (χ2v) is 4.36. The van der Waals surface area contributed by atoms with Crippen molar-refractivity contribution >= 4 is 17.6 Å². The van der Waals surface area contributed by atoms with Gasteiger partial charge < -0.3 is 14.4 Å². The lowest BCUT2D eigenvalue weighted by Crippen LogP contribution is -2.30. The number of carboxylic acid groups (broad SMARTS) is 1. The lowest BCUT2D eigenvalue weighted by Gasteiger charge is -2.20. The molecule has 0 bridgehead atoms. The molecule has 0 unspecified atom stereocenters. The summed E-state index contributed by atoms with van der Waals surface area (Å²) in [5.74, 6) is -1.77. The van der Waals surface area contributed by atoms with Gasteiger partial charge in [-0.15, -0.1) is 0 Å². The van der Waals surface area contributed by atoms with Gasteiger partial charge in [0, 0.05) is 12.2 Å². The predicted molar refractivity (Wildman–Crippen MR) is 74.2 cm³/mol. The molecule has 20 heavy (non-hydrogen) atoms. The Hall–Kier alpha value is -2.56. The number of rotatable bonds is 4. The molecule has 5 heteroatoms. The summed E-state index contributed by atoms with van der Waals surface area (Å²) in [5.41, 5.74) is 1.80. The molecule has 5 nitrogen and oxygen atoms in total. The van der Waals surface area contributed by atoms with Gasteiger partial charge in [-0.25, -0.2) is 4.79 Å². The third-order valence-electron chi connectivity index (χ3n) is 2.90. The van der Waals surface area contributed by atoms with Crippen LogP contribution in [0.2, 0.25) is 0 Å². The minimum absolute atomic E-state index is 0.0192. The summed E-state index contributed by atoms with van der Waals surface area (Å²) in [6, 6.07) is 10.2. The average molecular weight is 273 g/mol. The van der Waals surface area contributed by atoms with E-state index in [-0.39, 0.29) is 17.4 Å². The van der Waals surface area contributed by atoms with E-state index in [2.05, 4.69) is 0 Å². The highest BCUT2D eigenvalue weighted by Crippen LogP contribution is 2.19. The zero-order valence-electron chi connectivity index (χ0n) is 11.3. The molecule has 0 saturated heterocycles. The fourth-order valence-corrected chi connectivity index (χ4v) is 1.94. The molecular formula is C15H15NO4. The van der Waals surface area contributed by atoms with E-state index in [1.54, 1.807) is 0 Å². The number of hydrogen-bond acceptors (Lipinski definition) is 3. The fraction of sp³-hybridized carbons (Fsp3) is 0.200. The zero-order valence-corrected chi connectivity index (χ0v) is 11.3. The third kappa shape index (κ3) is 2.71. The quantitative estimate of drug-likeness (QED) is 0.929. The first kappa shape index (κ1) is 13.9. The summed E-state index contributed by atoms with van der Waals surface area (Å²) >= 11 is 0. The van der Waals surface area contributed by atoms with E-state index in [1.807, 2.05) is 38.1 Å². The Balaban J connectivity index is 2.31. The number of benzene rings is 1. The number of aromatic carboxylic acids is 1. The van der Waals surface area contributed by atoms with Gasteiger partial charge in [0.25, 0.3) is 5.91 Å². The minimum atomic E-state index is -1.19. The summed E-state index contributed by atoms with van der Waals surface area (Å²) in [6.07, 6.45) is 0. The second kappa shape index (κ2) is 5.61. The number of hydrogen-bond donors (Lipinski definition) is 1. The largest absolute Gasteiger partial charge is 0.475 e. The van der Waals surface area contributed by atoms with Crippen LogP contribution in [0.1, 0.15) is 33.6 Å². The molecule has 0 saturated carbocycles. The SMILES string of the molecule is CCN(C(=O)c1ccc(C(=O)O)o1)c1cccc(C)c1. The van der Waals surface area contributed by atoms with Crippen molar-refractivity contribution < 1.29 is 19.1 Å². The summed E-state index contributed by atoms with van der Waals surface area (Å²) in [6.45, 7) is 4.25. The highest BCUT2D eigenvalue weighted by atomic mass is 16.4. The molecule has 104 valence electrons. The Morgan fingerprint density at radius 3 is 2.45 bits per heavy atom. The summed E-state index contributed by atoms with van der Waals surface area (Å²) in [4.78, 5) is 24.7. The Labute approximate surface area is 116 Å². The van der Waals surface area contributed by atoms with Crippen molar-refractivity contribution in [1.82, 2.24) is 0 Å². The van der Waals surface area contributed by atoms with Crippen LogP contribution in [0.15, 0.2) is 40.8 Å². The minimum Gasteiger partial charge on any atom is -0.475 e. The first-order valence-electron chi connectivity index (χ1n) is 6.24. The number of anilines is 1. The second-order valence-electron chi connectivity index (χ2n) is 4.36. The number of furan rings is 1. The standard InChI is InChI=1S/C15H15NO4/c1-3-16(11-6-4-5-10(2)9-11)14(17)12-7-8-13(20-12)15(18)19/h4-9H,3H2,1-2H3,(H,18,19). The average Bonchev–Trinajstić information content (AvgIpc) is 2.89. The fourth-order valence-electron chi connectivity index (χ4n) is 1.94. The zero-order chi connectivity index (χ0) is 14.7. The maximum Gasteiger partial charge on any atom is 0.371 e. The maximum absolute atomic E-state index is 12.4. The van der Waals surface area contributed by atoms with Gasteiger partial charge in [0.2, 0.25) is 5.76 Å². The predicted octanol–water partition coefficient (Wildman–Crippen LogP) is 2.95. The molecule has 0 radical (unpaired) electrons. The van der Waals surface area contributed by atoms with Crippen molar-refractivity contribution in [2.45, 2.75) is 13.8 Å². The van der Waals surface area contributed by atoms with Crippen LogP contribution >= 0.6 is 0 Å². The van der Waals surface area contributed by atoms with Gasteiger partial charge in [-0.2, -0.15) is 0 Å². The molecule has 1 aromatic heterocycles. The number of carboxylic acids is 1. The first-order chi connectivity index (χ1) is 9.52. The van der Waals surface area contributed by atoms with E-state index in [0.29, 0.717) is 6.54 Å². The van der Waals surface area contributed by atoms with Crippen molar-refractivity contribution in [3.8, 4) is 0 Å². The lowest BCUT2D eigenvalue weighted by molar-refractivity contribution is 0.0660. The van der Waals surface area contributed by atoms with Crippen molar-refractivity contribution in [3.05, 3.63) is 53.5 Å². The molecule has 1 amide bonds. The van der Waals surface area contributed by atoms with Gasteiger partial charge in [-0.3, -0.25) is 4.79 Å². The van der Waals surface area contributed by atoms with E-state index in [4.69, 9.17) is 9.52 Å². The van der Waals surface area contributed by atoms with Gasteiger partial charge in [-0.05, 0) is 43.7 Å². The topological polar surface area (TPSA) is 70.8 Å². The number of carbonyl (C=O) groups is 2. The Morgan fingerprint density at radius 1 is 1.20 bits per heavy atom. The van der Waals surface area contributed by atoms with Gasteiger partial charge in [0.15, 0.2) is 5.76 Å². The van der Waals surface area contributed by atoms with Crippen LogP contribution in [0.4, 0.5) is 5.69 Å². The smallest absolute Gasteiger partial charge is 0.371 e. The molecule has 1 N–H and O–H groups in total. The third-order valence-corrected chi connectivity index (χ3v) is 2.90. The number of aryl methyl sites for hydroxylation is 1. The Kier molecular flexibility index (Phi) is 3.89. The highest BCUT2D eigenvalue weighted by molar-refractivity contribution is 6.04. The van der Waals surface area contributed by atoms with Crippen molar-refractivity contribution in [3.63, 3.8) is 0 Å². The van der Waals surface area contributed by atoms with Crippen LogP contribution in [0, 0.1) is 6.92 Å². The molecule has 0 aliphatic heterocycles.